The quantitative estimate of drug-likeness (QED) is 0.536. The van der Waals surface area contributed by atoms with E-state index in [-0.39, 0.29) is 24.2 Å². The van der Waals surface area contributed by atoms with Gasteiger partial charge >= 0.3 is 0 Å². The number of Topliss-reactive ketones (excluding diaryl/α,β-unsaturated/α-hetero) is 1. The number of hydrogen-bond acceptors (Lipinski definition) is 5. The summed E-state index contributed by atoms with van der Waals surface area (Å²) in [5.74, 6) is 0.553. The summed E-state index contributed by atoms with van der Waals surface area (Å²) in [5, 5.41) is 5.50. The highest BCUT2D eigenvalue weighted by molar-refractivity contribution is 6.04. The number of ketones is 1. The van der Waals surface area contributed by atoms with Gasteiger partial charge in [-0.25, -0.2) is 0 Å². The number of amides is 2. The highest BCUT2D eigenvalue weighted by atomic mass is 16.5. The molecule has 0 bridgehead atoms. The van der Waals surface area contributed by atoms with Gasteiger partial charge in [-0.2, -0.15) is 0 Å². The van der Waals surface area contributed by atoms with Crippen molar-refractivity contribution in [1.29, 1.82) is 0 Å². The Balaban J connectivity index is 1.50. The zero-order valence-electron chi connectivity index (χ0n) is 17.2. The molecular weight excluding hydrogens is 396 g/mol. The summed E-state index contributed by atoms with van der Waals surface area (Å²) in [5.41, 5.74) is 2.22. The van der Waals surface area contributed by atoms with Crippen LogP contribution >= 0.6 is 0 Å². The number of anilines is 2. The maximum atomic E-state index is 12.4. The molecule has 0 spiro atoms. The first kappa shape index (κ1) is 21.6. The first-order valence-electron chi connectivity index (χ1n) is 9.54. The molecule has 0 radical (unpaired) electrons. The summed E-state index contributed by atoms with van der Waals surface area (Å²) in [6, 6.07) is 20.1. The number of methoxy groups -OCH3 is 1. The van der Waals surface area contributed by atoms with Crippen molar-refractivity contribution in [3.05, 3.63) is 83.9 Å². The fourth-order valence-electron chi connectivity index (χ4n) is 2.71. The molecule has 0 aromatic heterocycles. The van der Waals surface area contributed by atoms with Crippen LogP contribution in [-0.2, 0) is 4.79 Å². The second-order valence-corrected chi connectivity index (χ2v) is 6.68. The van der Waals surface area contributed by atoms with E-state index in [0.29, 0.717) is 34.0 Å². The van der Waals surface area contributed by atoms with E-state index in [0.717, 1.165) is 0 Å². The molecule has 31 heavy (non-hydrogen) atoms. The van der Waals surface area contributed by atoms with Crippen LogP contribution in [0.15, 0.2) is 72.8 Å². The molecule has 0 atom stereocenters. The van der Waals surface area contributed by atoms with Crippen LogP contribution in [0.25, 0.3) is 0 Å². The predicted octanol–water partition coefficient (Wildman–Crippen LogP) is 4.17. The monoisotopic (exact) mass is 418 g/mol. The molecule has 0 aliphatic carbocycles. The van der Waals surface area contributed by atoms with E-state index in [1.807, 2.05) is 0 Å². The maximum Gasteiger partial charge on any atom is 0.262 e. The Morgan fingerprint density at radius 1 is 0.710 bits per heavy atom. The number of ether oxygens (including phenoxy) is 2. The van der Waals surface area contributed by atoms with Crippen molar-refractivity contribution in [3.63, 3.8) is 0 Å². The van der Waals surface area contributed by atoms with Crippen LogP contribution in [0.5, 0.6) is 11.5 Å². The molecule has 0 saturated carbocycles. The minimum absolute atomic E-state index is 0.0366. The van der Waals surface area contributed by atoms with Gasteiger partial charge in [-0.15, -0.1) is 0 Å². The Morgan fingerprint density at radius 3 is 1.81 bits per heavy atom. The lowest BCUT2D eigenvalue weighted by Crippen LogP contribution is -2.20. The van der Waals surface area contributed by atoms with Crippen molar-refractivity contribution in [2.24, 2.45) is 0 Å². The van der Waals surface area contributed by atoms with Crippen LogP contribution in [0.2, 0.25) is 0 Å². The van der Waals surface area contributed by atoms with E-state index in [1.54, 1.807) is 79.9 Å². The summed E-state index contributed by atoms with van der Waals surface area (Å²) >= 11 is 0. The van der Waals surface area contributed by atoms with Crippen molar-refractivity contribution in [2.75, 3.05) is 24.4 Å². The summed E-state index contributed by atoms with van der Waals surface area (Å²) in [7, 11) is 1.58. The van der Waals surface area contributed by atoms with Crippen molar-refractivity contribution < 1.29 is 23.9 Å². The van der Waals surface area contributed by atoms with Gasteiger partial charge in [0.1, 0.15) is 11.5 Å². The van der Waals surface area contributed by atoms with Crippen molar-refractivity contribution in [2.45, 2.75) is 6.92 Å². The first-order chi connectivity index (χ1) is 14.9. The molecule has 0 saturated heterocycles. The van der Waals surface area contributed by atoms with Crippen molar-refractivity contribution in [3.8, 4) is 11.5 Å². The summed E-state index contributed by atoms with van der Waals surface area (Å²) in [4.78, 5) is 35.7. The smallest absolute Gasteiger partial charge is 0.262 e. The molecule has 0 aliphatic heterocycles. The maximum absolute atomic E-state index is 12.4. The summed E-state index contributed by atoms with van der Waals surface area (Å²) < 4.78 is 10.5. The molecule has 3 aromatic rings. The highest BCUT2D eigenvalue weighted by Gasteiger charge is 2.08. The fourth-order valence-corrected chi connectivity index (χ4v) is 2.71. The number of carbonyl (C=O) groups excluding carboxylic acids is 3. The number of hydrogen-bond donors (Lipinski definition) is 2. The van der Waals surface area contributed by atoms with E-state index in [1.165, 1.54) is 6.92 Å². The lowest BCUT2D eigenvalue weighted by Gasteiger charge is -2.09. The third-order valence-electron chi connectivity index (χ3n) is 4.41. The zero-order valence-corrected chi connectivity index (χ0v) is 17.2. The molecule has 0 unspecified atom stereocenters. The molecular formula is C24H22N2O5. The lowest BCUT2D eigenvalue weighted by atomic mass is 10.1. The van der Waals surface area contributed by atoms with Crippen LogP contribution in [-0.4, -0.2) is 31.3 Å². The van der Waals surface area contributed by atoms with Gasteiger partial charge in [0.05, 0.1) is 7.11 Å². The van der Waals surface area contributed by atoms with Crippen molar-refractivity contribution >= 4 is 29.0 Å². The van der Waals surface area contributed by atoms with Gasteiger partial charge in [-0.1, -0.05) is 0 Å². The molecule has 2 amide bonds. The number of nitrogens with one attached hydrogen (secondary N) is 2. The number of benzene rings is 3. The number of carbonyl (C=O) groups is 3. The molecule has 0 aliphatic rings. The van der Waals surface area contributed by atoms with Crippen molar-refractivity contribution in [1.82, 2.24) is 0 Å². The first-order valence-corrected chi connectivity index (χ1v) is 9.54. The Kier molecular flexibility index (Phi) is 7.01. The third-order valence-corrected chi connectivity index (χ3v) is 4.41. The minimum Gasteiger partial charge on any atom is -0.497 e. The molecule has 7 heteroatoms. The zero-order chi connectivity index (χ0) is 22.2. The van der Waals surface area contributed by atoms with Crippen LogP contribution in [0.4, 0.5) is 11.4 Å². The third kappa shape index (κ3) is 6.17. The predicted molar refractivity (Wildman–Crippen MR) is 118 cm³/mol. The molecule has 0 fully saturated rings. The lowest BCUT2D eigenvalue weighted by molar-refractivity contribution is -0.118. The summed E-state index contributed by atoms with van der Waals surface area (Å²) in [6.45, 7) is 1.30. The Labute approximate surface area is 180 Å². The van der Waals surface area contributed by atoms with Gasteiger partial charge in [-0.05, 0) is 79.7 Å². The Morgan fingerprint density at radius 2 is 1.23 bits per heavy atom. The van der Waals surface area contributed by atoms with Gasteiger partial charge in [0, 0.05) is 22.5 Å². The molecule has 3 aromatic carbocycles. The second-order valence-electron chi connectivity index (χ2n) is 6.68. The number of rotatable bonds is 8. The van der Waals surface area contributed by atoms with Gasteiger partial charge in [0.25, 0.3) is 11.8 Å². The SMILES string of the molecule is COc1ccc(NC(=O)c2ccc(NC(=O)COc3ccc(C(C)=O)cc3)cc2)cc1. The van der Waals surface area contributed by atoms with Gasteiger partial charge in [0.2, 0.25) is 0 Å². The largest absolute Gasteiger partial charge is 0.497 e. The standard InChI is InChI=1S/C24H22N2O5/c1-16(27)17-5-11-22(12-6-17)31-15-23(28)25-19-7-3-18(4-8-19)24(29)26-20-9-13-21(30-2)14-10-20/h3-14H,15H2,1-2H3,(H,25,28)(H,26,29). The van der Waals surface area contributed by atoms with Crippen LogP contribution in [0.1, 0.15) is 27.6 Å². The Bertz CT molecular complexity index is 1060. The highest BCUT2D eigenvalue weighted by Crippen LogP contribution is 2.17. The average molecular weight is 418 g/mol. The van der Waals surface area contributed by atoms with E-state index in [2.05, 4.69) is 10.6 Å². The average Bonchev–Trinajstić information content (AvgIpc) is 2.79. The molecule has 158 valence electrons. The van der Waals surface area contributed by atoms with E-state index in [9.17, 15) is 14.4 Å². The molecule has 0 heterocycles. The van der Waals surface area contributed by atoms with Crippen LogP contribution < -0.4 is 20.1 Å². The molecule has 7 nitrogen and oxygen atoms in total. The Hall–Kier alpha value is -4.13. The minimum atomic E-state index is -0.342. The van der Waals surface area contributed by atoms with Crippen LogP contribution in [0.3, 0.4) is 0 Å². The normalized spacial score (nSPS) is 10.1. The van der Waals surface area contributed by atoms with Gasteiger partial charge < -0.3 is 20.1 Å². The van der Waals surface area contributed by atoms with E-state index < -0.39 is 0 Å². The second kappa shape index (κ2) is 10.1. The van der Waals surface area contributed by atoms with Gasteiger partial charge in [-0.3, -0.25) is 14.4 Å². The molecule has 2 N–H and O–H groups in total. The molecule has 3 rings (SSSR count). The summed E-state index contributed by atoms with van der Waals surface area (Å²) in [6.07, 6.45) is 0. The van der Waals surface area contributed by atoms with Gasteiger partial charge in [0.15, 0.2) is 12.4 Å². The topological polar surface area (TPSA) is 93.7 Å². The fraction of sp³-hybridized carbons (Fsp3) is 0.125. The van der Waals surface area contributed by atoms with E-state index >= 15 is 0 Å². The van der Waals surface area contributed by atoms with E-state index in [4.69, 9.17) is 9.47 Å². The van der Waals surface area contributed by atoms with Crippen LogP contribution in [0, 0.1) is 0 Å².